The van der Waals surface area contributed by atoms with E-state index in [9.17, 15) is 19.8 Å². The van der Waals surface area contributed by atoms with E-state index in [1.807, 2.05) is 0 Å². The van der Waals surface area contributed by atoms with Gasteiger partial charge in [-0.3, -0.25) is 0 Å². The molecule has 0 bridgehead atoms. The summed E-state index contributed by atoms with van der Waals surface area (Å²) in [6, 6.07) is 4.61. The smallest absolute Gasteiger partial charge is 0.545 e. The van der Waals surface area contributed by atoms with Crippen LogP contribution < -0.4 is 10.2 Å². The molecule has 0 spiro atoms. The Kier molecular flexibility index (Phi) is 4.35. The third kappa shape index (κ3) is 2.99. The number of carboxylic acid groups (broad SMARTS) is 2. The second kappa shape index (κ2) is 4.77. The number of carbonyl (C=O) groups is 2. The predicted octanol–water partition coefficient (Wildman–Crippen LogP) is -1.59. The SMILES string of the molecule is O=C([O-])c1ccc(C(=O)[O-])cc1.[Mo+2]. The predicted molar refractivity (Wildman–Crippen MR) is 35.1 cm³/mol. The van der Waals surface area contributed by atoms with E-state index < -0.39 is 11.9 Å². The number of carboxylic acids is 2. The summed E-state index contributed by atoms with van der Waals surface area (Å²) >= 11 is 0. The molecule has 13 heavy (non-hydrogen) atoms. The Bertz CT molecular complexity index is 284. The Morgan fingerprint density at radius 1 is 0.846 bits per heavy atom. The van der Waals surface area contributed by atoms with Crippen molar-refractivity contribution in [2.75, 3.05) is 0 Å². The first kappa shape index (κ1) is 11.8. The molecule has 0 aromatic heterocycles. The van der Waals surface area contributed by atoms with Crippen LogP contribution in [0.3, 0.4) is 0 Å². The van der Waals surface area contributed by atoms with Gasteiger partial charge >= 0.3 is 21.1 Å². The molecule has 0 N–H and O–H groups in total. The maximum atomic E-state index is 10.2. The van der Waals surface area contributed by atoms with E-state index in [2.05, 4.69) is 0 Å². The molecule has 66 valence electrons. The molecule has 0 aliphatic rings. The van der Waals surface area contributed by atoms with Gasteiger partial charge in [-0.05, 0) is 11.1 Å². The van der Waals surface area contributed by atoms with Crippen LogP contribution in [0, 0.1) is 0 Å². The van der Waals surface area contributed by atoms with Crippen molar-refractivity contribution in [2.45, 2.75) is 0 Å². The first-order valence-corrected chi connectivity index (χ1v) is 3.14. The third-order valence-corrected chi connectivity index (χ3v) is 1.36. The molecule has 0 aliphatic heterocycles. The molecule has 0 heterocycles. The van der Waals surface area contributed by atoms with Gasteiger partial charge in [-0.2, -0.15) is 0 Å². The number of hydrogen-bond acceptors (Lipinski definition) is 4. The van der Waals surface area contributed by atoms with Crippen molar-refractivity contribution in [1.29, 1.82) is 0 Å². The molecule has 0 aliphatic carbocycles. The Morgan fingerprint density at radius 2 is 1.08 bits per heavy atom. The Hall–Kier alpha value is -1.15. The van der Waals surface area contributed by atoms with Gasteiger partial charge in [0.05, 0.1) is 11.9 Å². The van der Waals surface area contributed by atoms with Crippen LogP contribution in [0.5, 0.6) is 0 Å². The molecule has 1 rings (SSSR count). The van der Waals surface area contributed by atoms with E-state index in [0.29, 0.717) is 0 Å². The summed E-state index contributed by atoms with van der Waals surface area (Å²) in [5.41, 5.74) is -0.111. The Morgan fingerprint density at radius 3 is 1.23 bits per heavy atom. The fourth-order valence-corrected chi connectivity index (χ4v) is 0.742. The molecule has 0 unspecified atom stereocenters. The number of carbonyl (C=O) groups excluding carboxylic acids is 2. The molecular weight excluding hydrogens is 256 g/mol. The largest absolute Gasteiger partial charge is 2.00 e. The van der Waals surface area contributed by atoms with E-state index in [1.165, 1.54) is 0 Å². The maximum absolute atomic E-state index is 10.2. The van der Waals surface area contributed by atoms with E-state index in [1.54, 1.807) is 0 Å². The molecular formula is C8H4MoO4. The summed E-state index contributed by atoms with van der Waals surface area (Å²) in [4.78, 5) is 20.4. The Balaban J connectivity index is 0.00000144. The van der Waals surface area contributed by atoms with Gasteiger partial charge in [-0.15, -0.1) is 0 Å². The first-order valence-electron chi connectivity index (χ1n) is 3.14. The molecule has 5 heteroatoms. The van der Waals surface area contributed by atoms with Gasteiger partial charge in [0.15, 0.2) is 0 Å². The molecule has 1 aromatic rings. The second-order valence-corrected chi connectivity index (χ2v) is 2.15. The van der Waals surface area contributed by atoms with Crippen molar-refractivity contribution in [3.63, 3.8) is 0 Å². The monoisotopic (exact) mass is 262 g/mol. The topological polar surface area (TPSA) is 80.3 Å². The zero-order valence-electron chi connectivity index (χ0n) is 6.35. The molecule has 0 saturated carbocycles. The normalized spacial score (nSPS) is 8.62. The fraction of sp³-hybridized carbons (Fsp3) is 0. The summed E-state index contributed by atoms with van der Waals surface area (Å²) < 4.78 is 0. The van der Waals surface area contributed by atoms with Crippen LogP contribution in [0.4, 0.5) is 0 Å². The van der Waals surface area contributed by atoms with Gasteiger partial charge in [0.1, 0.15) is 0 Å². The summed E-state index contributed by atoms with van der Waals surface area (Å²) in [7, 11) is 0. The second-order valence-electron chi connectivity index (χ2n) is 2.15. The minimum absolute atomic E-state index is 0. The van der Waals surface area contributed by atoms with Crippen LogP contribution in [0.1, 0.15) is 20.7 Å². The number of rotatable bonds is 2. The molecule has 0 saturated heterocycles. The van der Waals surface area contributed by atoms with Crippen LogP contribution in [-0.4, -0.2) is 11.9 Å². The third-order valence-electron chi connectivity index (χ3n) is 1.36. The maximum Gasteiger partial charge on any atom is 2.00 e. The zero-order chi connectivity index (χ0) is 9.14. The van der Waals surface area contributed by atoms with Crippen LogP contribution in [0.25, 0.3) is 0 Å². The van der Waals surface area contributed by atoms with Crippen molar-refractivity contribution in [3.05, 3.63) is 35.4 Å². The average molecular weight is 260 g/mol. The summed E-state index contributed by atoms with van der Waals surface area (Å²) in [5, 5.41) is 20.4. The summed E-state index contributed by atoms with van der Waals surface area (Å²) in [5.74, 6) is -2.67. The molecule has 1 aromatic carbocycles. The molecule has 0 radical (unpaired) electrons. The summed E-state index contributed by atoms with van der Waals surface area (Å²) in [6.45, 7) is 0. The average Bonchev–Trinajstić information content (AvgIpc) is 2.04. The van der Waals surface area contributed by atoms with Crippen LogP contribution >= 0.6 is 0 Å². The molecule has 0 fully saturated rings. The van der Waals surface area contributed by atoms with E-state index >= 15 is 0 Å². The molecule has 0 atom stereocenters. The number of hydrogen-bond donors (Lipinski definition) is 0. The zero-order valence-corrected chi connectivity index (χ0v) is 8.36. The van der Waals surface area contributed by atoms with E-state index in [-0.39, 0.29) is 32.2 Å². The van der Waals surface area contributed by atoms with Gasteiger partial charge in [-0.1, -0.05) is 24.3 Å². The van der Waals surface area contributed by atoms with Gasteiger partial charge in [-0.25, -0.2) is 0 Å². The van der Waals surface area contributed by atoms with Crippen molar-refractivity contribution in [3.8, 4) is 0 Å². The van der Waals surface area contributed by atoms with Gasteiger partial charge in [0.25, 0.3) is 0 Å². The fourth-order valence-electron chi connectivity index (χ4n) is 0.742. The van der Waals surface area contributed by atoms with Gasteiger partial charge < -0.3 is 19.8 Å². The van der Waals surface area contributed by atoms with Gasteiger partial charge in [0.2, 0.25) is 0 Å². The quantitative estimate of drug-likeness (QED) is 0.600. The minimum atomic E-state index is -1.33. The number of aromatic carboxylic acids is 2. The van der Waals surface area contributed by atoms with Crippen molar-refractivity contribution < 1.29 is 40.9 Å². The van der Waals surface area contributed by atoms with Crippen molar-refractivity contribution >= 4 is 11.9 Å². The van der Waals surface area contributed by atoms with Crippen LogP contribution in [0.2, 0.25) is 0 Å². The minimum Gasteiger partial charge on any atom is -0.545 e. The molecule has 0 amide bonds. The standard InChI is InChI=1S/C8H6O4.Mo/c9-7(10)5-1-2-6(4-3-5)8(11)12;/h1-4H,(H,9,10)(H,11,12);/q;+2/p-2. The van der Waals surface area contributed by atoms with Crippen LogP contribution in [0.15, 0.2) is 24.3 Å². The van der Waals surface area contributed by atoms with Crippen molar-refractivity contribution in [2.24, 2.45) is 0 Å². The summed E-state index contributed by atoms with van der Waals surface area (Å²) in [6.07, 6.45) is 0. The number of benzene rings is 1. The molecule has 4 nitrogen and oxygen atoms in total. The van der Waals surface area contributed by atoms with E-state index in [0.717, 1.165) is 24.3 Å². The van der Waals surface area contributed by atoms with E-state index in [4.69, 9.17) is 0 Å². The Labute approximate surface area is 88.5 Å². The van der Waals surface area contributed by atoms with Gasteiger partial charge in [0, 0.05) is 0 Å². The van der Waals surface area contributed by atoms with Crippen LogP contribution in [-0.2, 0) is 21.1 Å². The first-order chi connectivity index (χ1) is 5.61. The van der Waals surface area contributed by atoms with Crippen molar-refractivity contribution in [1.82, 2.24) is 0 Å².